The number of fused-ring (bicyclic) bond motifs is 1. The number of piperidine rings is 1. The van der Waals surface area contributed by atoms with Crippen molar-refractivity contribution in [3.8, 4) is 0 Å². The van der Waals surface area contributed by atoms with Crippen LogP contribution in [0.15, 0.2) is 36.4 Å². The summed E-state index contributed by atoms with van der Waals surface area (Å²) in [5.74, 6) is -0.0548. The fraction of sp³-hybridized carbons (Fsp3) is 0.560. The van der Waals surface area contributed by atoms with Crippen LogP contribution in [0, 0.1) is 17.8 Å². The van der Waals surface area contributed by atoms with Gasteiger partial charge >= 0.3 is 0 Å². The number of hydrogen-bond donors (Lipinski definition) is 1. The number of likely N-dealkylation sites (tertiary alicyclic amines) is 1. The van der Waals surface area contributed by atoms with Gasteiger partial charge in [0.25, 0.3) is 0 Å². The molecule has 1 aromatic rings. The molecular weight excluding hydrogens is 390 g/mol. The lowest BCUT2D eigenvalue weighted by Gasteiger charge is -2.32. The minimum atomic E-state index is -0.235. The third-order valence-electron chi connectivity index (χ3n) is 7.08. The Kier molecular flexibility index (Phi) is 6.44. The van der Waals surface area contributed by atoms with E-state index in [9.17, 15) is 14.4 Å². The van der Waals surface area contributed by atoms with E-state index < -0.39 is 0 Å². The van der Waals surface area contributed by atoms with Gasteiger partial charge in [-0.25, -0.2) is 0 Å². The van der Waals surface area contributed by atoms with Crippen LogP contribution < -0.4 is 10.2 Å². The Morgan fingerprint density at radius 1 is 1.03 bits per heavy atom. The van der Waals surface area contributed by atoms with Crippen LogP contribution in [0.25, 0.3) is 0 Å². The summed E-state index contributed by atoms with van der Waals surface area (Å²) in [6.07, 6.45) is 7.80. The highest BCUT2D eigenvalue weighted by Gasteiger charge is 2.46. The number of anilines is 1. The second-order valence-corrected chi connectivity index (χ2v) is 9.28. The SMILES string of the molecule is CC1CCN(c2ccc([C@@H](C)NC(=O)CCN3C(=O)[C@H]4CC=CC[C@H]4C3=O)cc2)CC1. The summed E-state index contributed by atoms with van der Waals surface area (Å²) in [5, 5.41) is 3.00. The molecule has 6 heteroatoms. The van der Waals surface area contributed by atoms with Crippen LogP contribution in [0.5, 0.6) is 0 Å². The third kappa shape index (κ3) is 4.68. The molecule has 0 spiro atoms. The van der Waals surface area contributed by atoms with Crippen molar-refractivity contribution in [2.75, 3.05) is 24.5 Å². The summed E-state index contributed by atoms with van der Waals surface area (Å²) in [6, 6.07) is 8.28. The van der Waals surface area contributed by atoms with Crippen LogP contribution >= 0.6 is 0 Å². The first-order valence-electron chi connectivity index (χ1n) is 11.6. The lowest BCUT2D eigenvalue weighted by molar-refractivity contribution is -0.140. The minimum Gasteiger partial charge on any atom is -0.372 e. The van der Waals surface area contributed by atoms with E-state index in [-0.39, 0.29) is 48.6 Å². The standard InChI is InChI=1S/C25H33N3O3/c1-17-11-14-27(15-12-17)20-9-7-19(8-10-20)18(2)26-23(29)13-16-28-24(30)21-5-3-4-6-22(21)25(28)31/h3-4,7-10,17-18,21-22H,5-6,11-16H2,1-2H3,(H,26,29)/t18-,21-,22+/m1/s1. The van der Waals surface area contributed by atoms with E-state index >= 15 is 0 Å². The normalized spacial score (nSPS) is 25.0. The lowest BCUT2D eigenvalue weighted by Crippen LogP contribution is -2.36. The number of imide groups is 1. The van der Waals surface area contributed by atoms with Crippen molar-refractivity contribution in [1.29, 1.82) is 0 Å². The molecule has 1 aliphatic carbocycles. The maximum absolute atomic E-state index is 12.5. The van der Waals surface area contributed by atoms with Gasteiger partial charge in [0.15, 0.2) is 0 Å². The van der Waals surface area contributed by atoms with E-state index in [1.165, 1.54) is 23.4 Å². The van der Waals surface area contributed by atoms with E-state index in [0.717, 1.165) is 24.6 Å². The number of amides is 3. The van der Waals surface area contributed by atoms with E-state index in [2.05, 4.69) is 41.4 Å². The quantitative estimate of drug-likeness (QED) is 0.562. The van der Waals surface area contributed by atoms with Crippen LogP contribution in [0.2, 0.25) is 0 Å². The Morgan fingerprint density at radius 3 is 2.19 bits per heavy atom. The number of rotatable bonds is 6. The van der Waals surface area contributed by atoms with Gasteiger partial charge < -0.3 is 10.2 Å². The molecule has 2 aliphatic heterocycles. The fourth-order valence-electron chi connectivity index (χ4n) is 4.94. The zero-order valence-corrected chi connectivity index (χ0v) is 18.5. The number of allylic oxidation sites excluding steroid dienone is 2. The molecule has 0 saturated carbocycles. The molecule has 166 valence electrons. The monoisotopic (exact) mass is 423 g/mol. The van der Waals surface area contributed by atoms with E-state index in [1.54, 1.807) is 0 Å². The number of carbonyl (C=O) groups excluding carboxylic acids is 3. The third-order valence-corrected chi connectivity index (χ3v) is 7.08. The van der Waals surface area contributed by atoms with E-state index in [0.29, 0.717) is 12.8 Å². The van der Waals surface area contributed by atoms with Crippen molar-refractivity contribution in [1.82, 2.24) is 10.2 Å². The predicted octanol–water partition coefficient (Wildman–Crippen LogP) is 3.44. The molecule has 0 aromatic heterocycles. The molecule has 2 saturated heterocycles. The minimum absolute atomic E-state index is 0.122. The molecule has 4 rings (SSSR count). The average Bonchev–Trinajstić information content (AvgIpc) is 3.03. The molecule has 3 atom stereocenters. The first kappa shape index (κ1) is 21.6. The van der Waals surface area contributed by atoms with Crippen LogP contribution in [-0.4, -0.2) is 42.3 Å². The number of hydrogen-bond acceptors (Lipinski definition) is 4. The smallest absolute Gasteiger partial charge is 0.233 e. The van der Waals surface area contributed by atoms with Crippen LogP contribution in [0.1, 0.15) is 57.6 Å². The van der Waals surface area contributed by atoms with Gasteiger partial charge in [0.1, 0.15) is 0 Å². The molecule has 3 aliphatic rings. The van der Waals surface area contributed by atoms with Gasteiger partial charge in [-0.3, -0.25) is 19.3 Å². The molecule has 6 nitrogen and oxygen atoms in total. The van der Waals surface area contributed by atoms with Crippen LogP contribution in [0.4, 0.5) is 5.69 Å². The molecule has 2 heterocycles. The van der Waals surface area contributed by atoms with Crippen molar-refractivity contribution < 1.29 is 14.4 Å². The summed E-state index contributed by atoms with van der Waals surface area (Å²) in [5.41, 5.74) is 2.28. The Labute approximate surface area is 184 Å². The van der Waals surface area contributed by atoms with Crippen molar-refractivity contribution in [2.45, 2.75) is 52.0 Å². The van der Waals surface area contributed by atoms with Crippen molar-refractivity contribution in [3.63, 3.8) is 0 Å². The van der Waals surface area contributed by atoms with Gasteiger partial charge in [-0.15, -0.1) is 0 Å². The van der Waals surface area contributed by atoms with E-state index in [1.807, 2.05) is 19.1 Å². The largest absolute Gasteiger partial charge is 0.372 e. The zero-order valence-electron chi connectivity index (χ0n) is 18.5. The van der Waals surface area contributed by atoms with Crippen molar-refractivity contribution in [2.24, 2.45) is 17.8 Å². The lowest BCUT2D eigenvalue weighted by atomic mass is 9.85. The molecule has 31 heavy (non-hydrogen) atoms. The number of nitrogens with zero attached hydrogens (tertiary/aromatic N) is 2. The Balaban J connectivity index is 1.27. The van der Waals surface area contributed by atoms with Crippen LogP contribution in [-0.2, 0) is 14.4 Å². The van der Waals surface area contributed by atoms with E-state index in [4.69, 9.17) is 0 Å². The van der Waals surface area contributed by atoms with Crippen LogP contribution in [0.3, 0.4) is 0 Å². The van der Waals surface area contributed by atoms with Crippen molar-refractivity contribution in [3.05, 3.63) is 42.0 Å². The molecule has 0 radical (unpaired) electrons. The summed E-state index contributed by atoms with van der Waals surface area (Å²) in [4.78, 5) is 41.2. The molecule has 3 amide bonds. The highest BCUT2D eigenvalue weighted by atomic mass is 16.2. The summed E-state index contributed by atoms with van der Waals surface area (Å²) in [7, 11) is 0. The van der Waals surface area contributed by atoms with Gasteiger partial charge in [0.05, 0.1) is 17.9 Å². The van der Waals surface area contributed by atoms with Gasteiger partial charge in [-0.05, 0) is 56.2 Å². The number of benzene rings is 1. The topological polar surface area (TPSA) is 69.7 Å². The highest BCUT2D eigenvalue weighted by Crippen LogP contribution is 2.35. The number of carbonyl (C=O) groups is 3. The fourth-order valence-corrected chi connectivity index (χ4v) is 4.94. The van der Waals surface area contributed by atoms with Gasteiger partial charge in [-0.1, -0.05) is 31.2 Å². The second-order valence-electron chi connectivity index (χ2n) is 9.28. The average molecular weight is 424 g/mol. The first-order valence-corrected chi connectivity index (χ1v) is 11.6. The summed E-state index contributed by atoms with van der Waals surface area (Å²) < 4.78 is 0. The van der Waals surface area contributed by atoms with Crippen molar-refractivity contribution >= 4 is 23.4 Å². The predicted molar refractivity (Wildman–Crippen MR) is 120 cm³/mol. The molecule has 0 bridgehead atoms. The maximum Gasteiger partial charge on any atom is 0.233 e. The molecule has 2 fully saturated rings. The molecule has 1 aromatic carbocycles. The van der Waals surface area contributed by atoms with Gasteiger partial charge in [0.2, 0.25) is 17.7 Å². The highest BCUT2D eigenvalue weighted by molar-refractivity contribution is 6.05. The van der Waals surface area contributed by atoms with Gasteiger partial charge in [-0.2, -0.15) is 0 Å². The number of nitrogens with one attached hydrogen (secondary N) is 1. The zero-order chi connectivity index (χ0) is 22.0. The Hall–Kier alpha value is -2.63. The first-order chi connectivity index (χ1) is 14.9. The second kappa shape index (κ2) is 9.25. The maximum atomic E-state index is 12.5. The van der Waals surface area contributed by atoms with Gasteiger partial charge in [0, 0.05) is 31.7 Å². The molecule has 1 N–H and O–H groups in total. The summed E-state index contributed by atoms with van der Waals surface area (Å²) in [6.45, 7) is 6.62. The molecule has 0 unspecified atom stereocenters. The summed E-state index contributed by atoms with van der Waals surface area (Å²) >= 11 is 0. The molecular formula is C25H33N3O3. The Morgan fingerprint density at radius 2 is 1.61 bits per heavy atom. The Bertz CT molecular complexity index is 829.